The summed E-state index contributed by atoms with van der Waals surface area (Å²) in [6, 6.07) is 0. The van der Waals surface area contributed by atoms with Crippen molar-refractivity contribution in [1.29, 1.82) is 0 Å². The molecule has 1 N–H and O–H groups in total. The van der Waals surface area contributed by atoms with Crippen molar-refractivity contribution in [2.45, 2.75) is 26.2 Å². The average molecular weight is 188 g/mol. The number of hydrogen-bond donors (Lipinski definition) is 1. The van der Waals surface area contributed by atoms with E-state index in [4.69, 9.17) is 5.11 Å². The van der Waals surface area contributed by atoms with E-state index < -0.39 is 5.97 Å². The fourth-order valence-corrected chi connectivity index (χ4v) is 0.484. The van der Waals surface area contributed by atoms with Gasteiger partial charge in [0.1, 0.15) is 0 Å². The summed E-state index contributed by atoms with van der Waals surface area (Å²) >= 11 is 0. The van der Waals surface area contributed by atoms with E-state index in [-0.39, 0.29) is 0 Å². The summed E-state index contributed by atoms with van der Waals surface area (Å²) in [5, 5.41) is 7.60. The maximum Gasteiger partial charge on any atom is 0.327 e. The highest BCUT2D eigenvalue weighted by molar-refractivity contribution is 5.78. The molecule has 4 heteroatoms. The van der Waals surface area contributed by atoms with Crippen LogP contribution in [0.2, 0.25) is 0 Å². The lowest BCUT2D eigenvalue weighted by molar-refractivity contribution is -0.131. The number of unbranched alkanes of at least 4 members (excludes halogenated alkanes) is 2. The van der Waals surface area contributed by atoms with Crippen molar-refractivity contribution in [2.75, 3.05) is 6.61 Å². The summed E-state index contributed by atoms with van der Waals surface area (Å²) in [5.41, 5.74) is 0. The fourth-order valence-electron chi connectivity index (χ4n) is 0.484. The molecule has 0 aromatic heterocycles. The van der Waals surface area contributed by atoms with Crippen molar-refractivity contribution in [3.05, 3.63) is 12.7 Å². The monoisotopic (exact) mass is 188 g/mol. The third kappa shape index (κ3) is 24.9. The van der Waals surface area contributed by atoms with E-state index in [1.165, 1.54) is 6.42 Å². The van der Waals surface area contributed by atoms with Crippen LogP contribution in [-0.2, 0) is 14.3 Å². The average Bonchev–Trinajstić information content (AvgIpc) is 2.14. The maximum absolute atomic E-state index is 9.55. The van der Waals surface area contributed by atoms with Gasteiger partial charge in [-0.05, 0) is 6.42 Å². The summed E-state index contributed by atoms with van der Waals surface area (Å²) in [6.45, 7) is 6.15. The Balaban J connectivity index is 0. The van der Waals surface area contributed by atoms with Crippen molar-refractivity contribution in [3.63, 3.8) is 0 Å². The molecule has 0 saturated heterocycles. The molecule has 0 bridgehead atoms. The summed E-state index contributed by atoms with van der Waals surface area (Å²) < 4.78 is 4.46. The number of aliphatic carboxylic acids is 1. The predicted octanol–water partition coefficient (Wildman–Crippen LogP) is 1.61. The Morgan fingerprint density at radius 3 is 2.38 bits per heavy atom. The SMILES string of the molecule is C=CC(=O)O.CCCCCOC=O. The van der Waals surface area contributed by atoms with Gasteiger partial charge in [-0.3, -0.25) is 4.79 Å². The molecule has 0 aliphatic rings. The number of rotatable bonds is 6. The first-order valence-corrected chi connectivity index (χ1v) is 4.09. The molecule has 0 aliphatic heterocycles. The van der Waals surface area contributed by atoms with Gasteiger partial charge in [-0.1, -0.05) is 26.3 Å². The quantitative estimate of drug-likeness (QED) is 0.390. The first-order chi connectivity index (χ1) is 6.18. The van der Waals surface area contributed by atoms with Crippen LogP contribution in [0.4, 0.5) is 0 Å². The van der Waals surface area contributed by atoms with Gasteiger partial charge in [-0.2, -0.15) is 0 Å². The van der Waals surface area contributed by atoms with Gasteiger partial charge in [-0.15, -0.1) is 0 Å². The van der Waals surface area contributed by atoms with Gasteiger partial charge in [0.2, 0.25) is 0 Å². The van der Waals surface area contributed by atoms with Gasteiger partial charge in [0.25, 0.3) is 6.47 Å². The van der Waals surface area contributed by atoms with Gasteiger partial charge in [0, 0.05) is 6.08 Å². The standard InChI is InChI=1S/C6H12O2.C3H4O2/c1-2-3-4-5-8-6-7;1-2-3(4)5/h6H,2-5H2,1H3;2H,1H2,(H,4,5). The summed E-state index contributed by atoms with van der Waals surface area (Å²) in [4.78, 5) is 18.8. The first kappa shape index (κ1) is 14.2. The lowest BCUT2D eigenvalue weighted by Crippen LogP contribution is -1.89. The highest BCUT2D eigenvalue weighted by atomic mass is 16.5. The van der Waals surface area contributed by atoms with E-state index in [0.717, 1.165) is 18.9 Å². The topological polar surface area (TPSA) is 63.6 Å². The second-order valence-corrected chi connectivity index (χ2v) is 2.22. The third-order valence-electron chi connectivity index (χ3n) is 1.11. The molecular formula is C9H16O4. The normalized spacial score (nSPS) is 7.77. The molecule has 0 saturated carbocycles. The highest BCUT2D eigenvalue weighted by Gasteiger charge is 1.82. The summed E-state index contributed by atoms with van der Waals surface area (Å²) in [5.74, 6) is -0.981. The second-order valence-electron chi connectivity index (χ2n) is 2.22. The van der Waals surface area contributed by atoms with Gasteiger partial charge in [0.05, 0.1) is 6.61 Å². The summed E-state index contributed by atoms with van der Waals surface area (Å²) in [7, 11) is 0. The molecule has 0 aromatic rings. The Labute approximate surface area is 78.2 Å². The first-order valence-electron chi connectivity index (χ1n) is 4.09. The number of carbonyl (C=O) groups is 2. The molecule has 0 radical (unpaired) electrons. The van der Waals surface area contributed by atoms with E-state index in [2.05, 4.69) is 18.2 Å². The minimum absolute atomic E-state index is 0.496. The predicted molar refractivity (Wildman–Crippen MR) is 49.4 cm³/mol. The summed E-state index contributed by atoms with van der Waals surface area (Å²) in [6.07, 6.45) is 4.14. The van der Waals surface area contributed by atoms with Gasteiger partial charge < -0.3 is 9.84 Å². The van der Waals surface area contributed by atoms with E-state index >= 15 is 0 Å². The Morgan fingerprint density at radius 1 is 1.54 bits per heavy atom. The molecule has 0 fully saturated rings. The molecule has 0 atom stereocenters. The highest BCUT2D eigenvalue weighted by Crippen LogP contribution is 1.91. The number of carboxylic acids is 1. The molecule has 0 aromatic carbocycles. The van der Waals surface area contributed by atoms with Crippen molar-refractivity contribution < 1.29 is 19.4 Å². The Kier molecular flexibility index (Phi) is 14.5. The van der Waals surface area contributed by atoms with Gasteiger partial charge in [-0.25, -0.2) is 4.79 Å². The van der Waals surface area contributed by atoms with Crippen LogP contribution in [0.15, 0.2) is 12.7 Å². The van der Waals surface area contributed by atoms with E-state index in [1.54, 1.807) is 0 Å². The molecular weight excluding hydrogens is 172 g/mol. The largest absolute Gasteiger partial charge is 0.478 e. The lowest BCUT2D eigenvalue weighted by atomic mass is 10.3. The van der Waals surface area contributed by atoms with Crippen LogP contribution in [0.3, 0.4) is 0 Å². The van der Waals surface area contributed by atoms with E-state index in [0.29, 0.717) is 13.1 Å². The number of hydrogen-bond acceptors (Lipinski definition) is 3. The van der Waals surface area contributed by atoms with Crippen molar-refractivity contribution in [3.8, 4) is 0 Å². The fraction of sp³-hybridized carbons (Fsp3) is 0.556. The van der Waals surface area contributed by atoms with Crippen molar-refractivity contribution in [1.82, 2.24) is 0 Å². The zero-order valence-corrected chi connectivity index (χ0v) is 7.86. The smallest absolute Gasteiger partial charge is 0.327 e. The van der Waals surface area contributed by atoms with Crippen LogP contribution < -0.4 is 0 Å². The molecule has 0 heterocycles. The molecule has 13 heavy (non-hydrogen) atoms. The van der Waals surface area contributed by atoms with Crippen LogP contribution in [0.5, 0.6) is 0 Å². The minimum Gasteiger partial charge on any atom is -0.478 e. The van der Waals surface area contributed by atoms with Crippen LogP contribution >= 0.6 is 0 Å². The molecule has 0 aliphatic carbocycles. The van der Waals surface area contributed by atoms with E-state index in [1.807, 2.05) is 0 Å². The third-order valence-corrected chi connectivity index (χ3v) is 1.11. The van der Waals surface area contributed by atoms with E-state index in [9.17, 15) is 9.59 Å². The Bertz CT molecular complexity index is 143. The molecule has 76 valence electrons. The molecule has 0 unspecified atom stereocenters. The van der Waals surface area contributed by atoms with Gasteiger partial charge in [0.15, 0.2) is 0 Å². The Hall–Kier alpha value is -1.32. The van der Waals surface area contributed by atoms with Gasteiger partial charge >= 0.3 is 5.97 Å². The number of ether oxygens (including phenoxy) is 1. The second kappa shape index (κ2) is 13.3. The molecule has 0 rings (SSSR count). The molecule has 4 nitrogen and oxygen atoms in total. The Morgan fingerprint density at radius 2 is 2.08 bits per heavy atom. The van der Waals surface area contributed by atoms with Crippen LogP contribution in [0.1, 0.15) is 26.2 Å². The zero-order valence-electron chi connectivity index (χ0n) is 7.86. The minimum atomic E-state index is -0.981. The van der Waals surface area contributed by atoms with Crippen LogP contribution in [-0.4, -0.2) is 24.2 Å². The number of carboxylic acid groups (broad SMARTS) is 1. The maximum atomic E-state index is 9.55. The van der Waals surface area contributed by atoms with Crippen molar-refractivity contribution in [2.24, 2.45) is 0 Å². The van der Waals surface area contributed by atoms with Crippen LogP contribution in [0, 0.1) is 0 Å². The molecule has 0 amide bonds. The lowest BCUT2D eigenvalue weighted by Gasteiger charge is -1.93. The van der Waals surface area contributed by atoms with Crippen LogP contribution in [0.25, 0.3) is 0 Å². The number of carbonyl (C=O) groups excluding carboxylic acids is 1. The molecule has 0 spiro atoms. The van der Waals surface area contributed by atoms with Crippen molar-refractivity contribution >= 4 is 12.4 Å². The zero-order chi connectivity index (χ0) is 10.5.